The molecule has 0 radical (unpaired) electrons. The predicted octanol–water partition coefficient (Wildman–Crippen LogP) is 3.95. The van der Waals surface area contributed by atoms with Gasteiger partial charge in [-0.05, 0) is 93.8 Å². The maximum absolute atomic E-state index is 13.1. The summed E-state index contributed by atoms with van der Waals surface area (Å²) in [6.07, 6.45) is 3.25. The average Bonchev–Trinajstić information content (AvgIpc) is 3.22. The number of amides is 1. The molecular weight excluding hydrogens is 421 g/mol. The highest BCUT2D eigenvalue weighted by Crippen LogP contribution is 2.38. The van der Waals surface area contributed by atoms with Crippen LogP contribution in [0.5, 0.6) is 11.5 Å². The molecule has 2 aliphatic heterocycles. The monoisotopic (exact) mass is 449 g/mol. The van der Waals surface area contributed by atoms with E-state index in [0.29, 0.717) is 34.7 Å². The van der Waals surface area contributed by atoms with Crippen LogP contribution in [0.4, 0.5) is 4.39 Å². The number of carbonyl (C=O) groups excluding carboxylic acids is 1. The van der Waals surface area contributed by atoms with Gasteiger partial charge in [0.2, 0.25) is 0 Å². The SMILES string of the molecule is CN1CCC(C2CCNn3c2nc(-c2ccc(Oc4ccc(F)cc4)cc2)c3C(N)=O)CC1. The molecule has 1 amide bonds. The second-order valence-electron chi connectivity index (χ2n) is 8.89. The van der Waals surface area contributed by atoms with E-state index < -0.39 is 5.91 Å². The Bertz CT molecular complexity index is 1130. The number of hydrogen-bond acceptors (Lipinski definition) is 5. The number of rotatable bonds is 5. The minimum Gasteiger partial charge on any atom is -0.457 e. The molecule has 1 unspecified atom stereocenters. The quantitative estimate of drug-likeness (QED) is 0.616. The van der Waals surface area contributed by atoms with Crippen molar-refractivity contribution in [1.29, 1.82) is 0 Å². The molecule has 1 saturated heterocycles. The van der Waals surface area contributed by atoms with E-state index in [1.54, 1.807) is 12.1 Å². The minimum absolute atomic E-state index is 0.299. The lowest BCUT2D eigenvalue weighted by molar-refractivity contribution is 0.0992. The molecule has 2 aliphatic rings. The van der Waals surface area contributed by atoms with Crippen LogP contribution in [0.1, 0.15) is 41.5 Å². The number of halogens is 1. The van der Waals surface area contributed by atoms with Crippen molar-refractivity contribution in [3.8, 4) is 22.8 Å². The fraction of sp³-hybridized carbons (Fsp3) is 0.360. The minimum atomic E-state index is -0.507. The van der Waals surface area contributed by atoms with E-state index in [4.69, 9.17) is 15.5 Å². The van der Waals surface area contributed by atoms with Crippen molar-refractivity contribution < 1.29 is 13.9 Å². The van der Waals surface area contributed by atoms with Gasteiger partial charge < -0.3 is 20.8 Å². The van der Waals surface area contributed by atoms with E-state index in [0.717, 1.165) is 50.3 Å². The third kappa shape index (κ3) is 4.30. The van der Waals surface area contributed by atoms with Gasteiger partial charge in [0.1, 0.15) is 28.8 Å². The van der Waals surface area contributed by atoms with Crippen LogP contribution in [-0.2, 0) is 0 Å². The van der Waals surface area contributed by atoms with Crippen molar-refractivity contribution in [2.75, 3.05) is 32.1 Å². The summed E-state index contributed by atoms with van der Waals surface area (Å²) >= 11 is 0. The molecular formula is C25H28FN5O2. The Hall–Kier alpha value is -3.39. The Kier molecular flexibility index (Phi) is 5.76. The van der Waals surface area contributed by atoms with Crippen molar-refractivity contribution in [1.82, 2.24) is 14.6 Å². The normalized spacial score (nSPS) is 19.0. The lowest BCUT2D eigenvalue weighted by Gasteiger charge is -2.36. The summed E-state index contributed by atoms with van der Waals surface area (Å²) < 4.78 is 20.7. The van der Waals surface area contributed by atoms with Gasteiger partial charge in [-0.15, -0.1) is 0 Å². The molecule has 3 aromatic rings. The highest BCUT2D eigenvalue weighted by molar-refractivity contribution is 5.97. The number of nitrogens with one attached hydrogen (secondary N) is 1. The molecule has 8 heteroatoms. The van der Waals surface area contributed by atoms with Gasteiger partial charge in [-0.25, -0.2) is 14.1 Å². The molecule has 2 aromatic carbocycles. The number of imidazole rings is 1. The first-order valence-corrected chi connectivity index (χ1v) is 11.4. The van der Waals surface area contributed by atoms with Crippen molar-refractivity contribution in [3.05, 3.63) is 65.9 Å². The Labute approximate surface area is 192 Å². The van der Waals surface area contributed by atoms with E-state index in [9.17, 15) is 9.18 Å². The average molecular weight is 450 g/mol. The Morgan fingerprint density at radius 3 is 2.33 bits per heavy atom. The molecule has 1 atom stereocenters. The predicted molar refractivity (Wildman–Crippen MR) is 124 cm³/mol. The largest absolute Gasteiger partial charge is 0.457 e. The molecule has 0 spiro atoms. The van der Waals surface area contributed by atoms with Crippen LogP contribution in [0, 0.1) is 11.7 Å². The van der Waals surface area contributed by atoms with Gasteiger partial charge in [-0.2, -0.15) is 0 Å². The van der Waals surface area contributed by atoms with Gasteiger partial charge >= 0.3 is 0 Å². The first-order chi connectivity index (χ1) is 16.0. The maximum atomic E-state index is 13.1. The van der Waals surface area contributed by atoms with Crippen LogP contribution in [0.3, 0.4) is 0 Å². The summed E-state index contributed by atoms with van der Waals surface area (Å²) in [7, 11) is 2.16. The summed E-state index contributed by atoms with van der Waals surface area (Å²) in [6, 6.07) is 13.2. The first-order valence-electron chi connectivity index (χ1n) is 11.4. The highest BCUT2D eigenvalue weighted by Gasteiger charge is 2.35. The second kappa shape index (κ2) is 8.86. The number of fused-ring (bicyclic) bond motifs is 1. The first kappa shape index (κ1) is 21.5. The van der Waals surface area contributed by atoms with Crippen LogP contribution in [0.2, 0.25) is 0 Å². The van der Waals surface area contributed by atoms with Gasteiger partial charge in [-0.3, -0.25) is 4.79 Å². The molecule has 3 N–H and O–H groups in total. The summed E-state index contributed by atoms with van der Waals surface area (Å²) in [5, 5.41) is 0. The molecule has 1 aromatic heterocycles. The molecule has 1 fully saturated rings. The highest BCUT2D eigenvalue weighted by atomic mass is 19.1. The van der Waals surface area contributed by atoms with Crippen molar-refractivity contribution in [3.63, 3.8) is 0 Å². The van der Waals surface area contributed by atoms with Crippen LogP contribution >= 0.6 is 0 Å². The van der Waals surface area contributed by atoms with Crippen molar-refractivity contribution >= 4 is 5.91 Å². The molecule has 172 valence electrons. The number of likely N-dealkylation sites (tertiary alicyclic amines) is 1. The number of carbonyl (C=O) groups is 1. The zero-order valence-corrected chi connectivity index (χ0v) is 18.6. The molecule has 0 bridgehead atoms. The number of nitrogens with two attached hydrogens (primary N) is 1. The standard InChI is InChI=1S/C25H28FN5O2/c1-30-14-11-16(12-15-30)21-10-13-28-31-23(24(27)32)22(29-25(21)31)17-2-6-19(7-3-17)33-20-8-4-18(26)5-9-20/h2-9,16,21,28H,10-15H2,1H3,(H2,27,32). The van der Waals surface area contributed by atoms with Crippen LogP contribution in [0.25, 0.3) is 11.3 Å². The maximum Gasteiger partial charge on any atom is 0.269 e. The van der Waals surface area contributed by atoms with E-state index in [-0.39, 0.29) is 5.82 Å². The number of aromatic nitrogens is 2. The fourth-order valence-corrected chi connectivity index (χ4v) is 4.93. The van der Waals surface area contributed by atoms with Gasteiger partial charge in [0, 0.05) is 18.0 Å². The molecule has 5 rings (SSSR count). The Morgan fingerprint density at radius 1 is 1.06 bits per heavy atom. The molecule has 0 saturated carbocycles. The van der Waals surface area contributed by atoms with Crippen molar-refractivity contribution in [2.24, 2.45) is 11.7 Å². The molecule has 0 aliphatic carbocycles. The van der Waals surface area contributed by atoms with Gasteiger partial charge in [0.15, 0.2) is 5.69 Å². The topological polar surface area (TPSA) is 85.4 Å². The lowest BCUT2D eigenvalue weighted by atomic mass is 9.81. The smallest absolute Gasteiger partial charge is 0.269 e. The fourth-order valence-electron chi connectivity index (χ4n) is 4.93. The molecule has 33 heavy (non-hydrogen) atoms. The third-order valence-electron chi connectivity index (χ3n) is 6.70. The van der Waals surface area contributed by atoms with E-state index in [1.807, 2.05) is 28.9 Å². The number of hydrogen-bond donors (Lipinski definition) is 2. The third-order valence-corrected chi connectivity index (χ3v) is 6.70. The van der Waals surface area contributed by atoms with Crippen LogP contribution in [0.15, 0.2) is 48.5 Å². The van der Waals surface area contributed by atoms with E-state index >= 15 is 0 Å². The van der Waals surface area contributed by atoms with Gasteiger partial charge in [0.05, 0.1) is 0 Å². The van der Waals surface area contributed by atoms with E-state index in [1.165, 1.54) is 12.1 Å². The number of ether oxygens (including phenoxy) is 1. The zero-order chi connectivity index (χ0) is 22.9. The number of piperidine rings is 1. The molecule has 7 nitrogen and oxygen atoms in total. The number of nitrogens with zero attached hydrogens (tertiary/aromatic N) is 3. The Balaban J connectivity index is 1.44. The summed E-state index contributed by atoms with van der Waals surface area (Å²) in [6.45, 7) is 2.95. The summed E-state index contributed by atoms with van der Waals surface area (Å²) in [5.74, 6) is 2.07. The summed E-state index contributed by atoms with van der Waals surface area (Å²) in [5.41, 5.74) is 10.9. The number of primary amides is 1. The lowest BCUT2D eigenvalue weighted by Crippen LogP contribution is -2.38. The summed E-state index contributed by atoms with van der Waals surface area (Å²) in [4.78, 5) is 19.8. The van der Waals surface area contributed by atoms with Gasteiger partial charge in [0.25, 0.3) is 5.91 Å². The van der Waals surface area contributed by atoms with Crippen molar-refractivity contribution in [2.45, 2.75) is 25.2 Å². The molecule has 3 heterocycles. The second-order valence-corrected chi connectivity index (χ2v) is 8.89. The Morgan fingerprint density at radius 2 is 1.70 bits per heavy atom. The van der Waals surface area contributed by atoms with Crippen LogP contribution < -0.4 is 15.9 Å². The number of benzene rings is 2. The van der Waals surface area contributed by atoms with Crippen LogP contribution in [-0.4, -0.2) is 47.1 Å². The zero-order valence-electron chi connectivity index (χ0n) is 18.6. The van der Waals surface area contributed by atoms with E-state index in [2.05, 4.69) is 17.4 Å². The van der Waals surface area contributed by atoms with Gasteiger partial charge in [-0.1, -0.05) is 0 Å².